The fraction of sp³-hybridized carbons (Fsp3) is 1.00. The van der Waals surface area contributed by atoms with Crippen molar-refractivity contribution in [1.82, 2.24) is 0 Å². The fourth-order valence-corrected chi connectivity index (χ4v) is 0.747. The molecule has 0 radical (unpaired) electrons. The van der Waals surface area contributed by atoms with Crippen molar-refractivity contribution in [2.75, 3.05) is 13.2 Å². The van der Waals surface area contributed by atoms with Crippen molar-refractivity contribution >= 4 is 7.32 Å². The molecule has 0 aliphatic carbocycles. The van der Waals surface area contributed by atoms with Crippen LogP contribution in [-0.4, -0.2) is 25.6 Å². The summed E-state index contributed by atoms with van der Waals surface area (Å²) in [5, 5.41) is 28.0. The first kappa shape index (κ1) is 21.5. The molecule has 0 aromatic rings. The summed E-state index contributed by atoms with van der Waals surface area (Å²) in [6.07, 6.45) is 3.31. The molecule has 0 aliphatic rings. The van der Waals surface area contributed by atoms with Gasteiger partial charge in [-0.1, -0.05) is 12.8 Å². The van der Waals surface area contributed by atoms with Gasteiger partial charge in [-0.25, -0.2) is 0 Å². The molecule has 0 saturated carbocycles. The summed E-state index contributed by atoms with van der Waals surface area (Å²) < 4.78 is 4.25. The van der Waals surface area contributed by atoms with Crippen LogP contribution >= 0.6 is 0 Å². The monoisotopic (exact) mass is 238 g/mol. The minimum atomic E-state index is -2.15. The van der Waals surface area contributed by atoms with E-state index < -0.39 is 7.32 Å². The van der Waals surface area contributed by atoms with Gasteiger partial charge in [0.15, 0.2) is 0 Å². The molecule has 0 aromatic carbocycles. The molecule has 0 bridgehead atoms. The Balaban J connectivity index is -0.000000500. The van der Waals surface area contributed by atoms with Crippen molar-refractivity contribution in [2.24, 2.45) is 0 Å². The van der Waals surface area contributed by atoms with Gasteiger partial charge >= 0.3 is 103 Å². The molecule has 1 N–H and O–H groups in total. The molecule has 7 heteroatoms. The molecule has 66 valence electrons. The molecule has 0 unspecified atom stereocenters. The largest absolute Gasteiger partial charge is 1.00 e. The third-order valence-electron chi connectivity index (χ3n) is 1.31. The maximum atomic E-state index is 9.80. The molecule has 4 nitrogen and oxygen atoms in total. The van der Waals surface area contributed by atoms with E-state index in [1.54, 1.807) is 0 Å². The molecule has 0 rings (SSSR count). The standard InChI is InChI=1S/C6H13BO4.2K/c8-5-3-1-2-4-6-11-7(9)10;;/h8H,1-6H2;;/q-2;2*+1. The Hall–Kier alpha value is 3.18. The third kappa shape index (κ3) is 21.1. The van der Waals surface area contributed by atoms with Crippen LogP contribution in [0.5, 0.6) is 0 Å². The van der Waals surface area contributed by atoms with Crippen LogP contribution in [0.4, 0.5) is 0 Å². The Morgan fingerprint density at radius 3 is 2.00 bits per heavy atom. The summed E-state index contributed by atoms with van der Waals surface area (Å²) in [7, 11) is -2.15. The number of hydrogen-bond donors (Lipinski definition) is 1. The van der Waals surface area contributed by atoms with Crippen molar-refractivity contribution < 1.29 is 123 Å². The first-order valence-corrected chi connectivity index (χ1v) is 3.81. The molecule has 0 aliphatic heterocycles. The van der Waals surface area contributed by atoms with Crippen LogP contribution in [0, 0.1) is 0 Å². The van der Waals surface area contributed by atoms with E-state index in [9.17, 15) is 10.0 Å². The van der Waals surface area contributed by atoms with Gasteiger partial charge in [-0.15, -0.1) is 0 Å². The van der Waals surface area contributed by atoms with E-state index in [1.807, 2.05) is 0 Å². The van der Waals surface area contributed by atoms with Crippen molar-refractivity contribution in [3.63, 3.8) is 0 Å². The van der Waals surface area contributed by atoms with Crippen LogP contribution in [0.1, 0.15) is 25.7 Å². The van der Waals surface area contributed by atoms with Gasteiger partial charge in [0.1, 0.15) is 0 Å². The Bertz CT molecular complexity index is 87.0. The Morgan fingerprint density at radius 2 is 1.54 bits per heavy atom. The third-order valence-corrected chi connectivity index (χ3v) is 1.31. The molecule has 0 spiro atoms. The topological polar surface area (TPSA) is 75.6 Å². The second kappa shape index (κ2) is 17.6. The average molecular weight is 238 g/mol. The SMILES string of the molecule is [K+].[K+].[O-]B([O-])OCCCCCCO. The molecule has 0 heterocycles. The molecule has 0 fully saturated rings. The molecule has 0 saturated heterocycles. The van der Waals surface area contributed by atoms with Crippen LogP contribution in [0.2, 0.25) is 0 Å². The number of aliphatic hydroxyl groups excluding tert-OH is 1. The molecule has 0 aromatic heterocycles. The Kier molecular flexibility index (Phi) is 29.0. The molecule has 13 heavy (non-hydrogen) atoms. The molecular weight excluding hydrogens is 225 g/mol. The molecule has 0 atom stereocenters. The maximum absolute atomic E-state index is 9.80. The van der Waals surface area contributed by atoms with E-state index in [1.165, 1.54) is 0 Å². The van der Waals surface area contributed by atoms with E-state index in [2.05, 4.69) is 4.65 Å². The van der Waals surface area contributed by atoms with E-state index in [-0.39, 0.29) is 116 Å². The second-order valence-corrected chi connectivity index (χ2v) is 2.30. The van der Waals surface area contributed by atoms with Crippen LogP contribution in [0.15, 0.2) is 0 Å². The van der Waals surface area contributed by atoms with E-state index >= 15 is 0 Å². The van der Waals surface area contributed by atoms with Crippen molar-refractivity contribution in [1.29, 1.82) is 0 Å². The first-order chi connectivity index (χ1) is 5.27. The Labute approximate surface area is 165 Å². The van der Waals surface area contributed by atoms with Gasteiger partial charge in [-0.05, 0) is 12.8 Å². The zero-order valence-electron chi connectivity index (χ0n) is 8.49. The van der Waals surface area contributed by atoms with Crippen LogP contribution < -0.4 is 113 Å². The first-order valence-electron chi connectivity index (χ1n) is 3.81. The summed E-state index contributed by atoms with van der Waals surface area (Å²) in [5.74, 6) is 0. The summed E-state index contributed by atoms with van der Waals surface area (Å²) in [6.45, 7) is 0.440. The predicted octanol–water partition coefficient (Wildman–Crippen LogP) is -7.73. The van der Waals surface area contributed by atoms with Crippen molar-refractivity contribution in [3.8, 4) is 0 Å². The number of hydrogen-bond acceptors (Lipinski definition) is 4. The van der Waals surface area contributed by atoms with E-state index in [4.69, 9.17) is 5.11 Å². The van der Waals surface area contributed by atoms with Crippen LogP contribution in [0.3, 0.4) is 0 Å². The van der Waals surface area contributed by atoms with Gasteiger partial charge in [-0.3, -0.25) is 0 Å². The van der Waals surface area contributed by atoms with Crippen molar-refractivity contribution in [3.05, 3.63) is 0 Å². The smallest absolute Gasteiger partial charge is 0.871 e. The summed E-state index contributed by atoms with van der Waals surface area (Å²) in [6, 6.07) is 0. The van der Waals surface area contributed by atoms with Crippen molar-refractivity contribution in [2.45, 2.75) is 25.7 Å². The van der Waals surface area contributed by atoms with Crippen LogP contribution in [-0.2, 0) is 4.65 Å². The normalized spacial score (nSPS) is 8.54. The Morgan fingerprint density at radius 1 is 1.00 bits per heavy atom. The van der Waals surface area contributed by atoms with E-state index in [0.717, 1.165) is 25.7 Å². The van der Waals surface area contributed by atoms with Gasteiger partial charge in [0, 0.05) is 13.2 Å². The number of aliphatic hydroxyl groups is 1. The number of unbranched alkanes of at least 4 members (excludes halogenated alkanes) is 3. The quantitative estimate of drug-likeness (QED) is 0.353. The number of rotatable bonds is 7. The molecule has 0 amide bonds. The average Bonchev–Trinajstić information content (AvgIpc) is 1.96. The second-order valence-electron chi connectivity index (χ2n) is 2.30. The summed E-state index contributed by atoms with van der Waals surface area (Å²) >= 11 is 0. The molecular formula is C6H13BK2O4. The minimum Gasteiger partial charge on any atom is -0.871 e. The van der Waals surface area contributed by atoms with Gasteiger partial charge in [0.25, 0.3) is 0 Å². The summed E-state index contributed by atoms with van der Waals surface area (Å²) in [4.78, 5) is 0. The van der Waals surface area contributed by atoms with Gasteiger partial charge in [-0.2, -0.15) is 0 Å². The van der Waals surface area contributed by atoms with Crippen LogP contribution in [0.25, 0.3) is 0 Å². The van der Waals surface area contributed by atoms with Gasteiger partial charge < -0.3 is 19.8 Å². The minimum absolute atomic E-state index is 0. The fourth-order valence-electron chi connectivity index (χ4n) is 0.747. The predicted molar refractivity (Wildman–Crippen MR) is 37.3 cm³/mol. The zero-order chi connectivity index (χ0) is 8.53. The van der Waals surface area contributed by atoms with Gasteiger partial charge in [0.05, 0.1) is 7.32 Å². The zero-order valence-corrected chi connectivity index (χ0v) is 14.7. The maximum Gasteiger partial charge on any atom is 1.00 e. The van der Waals surface area contributed by atoms with Gasteiger partial charge in [0.2, 0.25) is 0 Å². The summed E-state index contributed by atoms with van der Waals surface area (Å²) in [5.41, 5.74) is 0. The van der Waals surface area contributed by atoms with E-state index in [0.29, 0.717) is 0 Å².